The van der Waals surface area contributed by atoms with Gasteiger partial charge in [0.2, 0.25) is 11.8 Å². The normalized spacial score (nSPS) is 12.5. The molecule has 2 aromatic rings. The molecule has 2 rings (SSSR count). The summed E-state index contributed by atoms with van der Waals surface area (Å²) in [6.45, 7) is 10.1. The van der Waals surface area contributed by atoms with E-state index in [0.717, 1.165) is 17.8 Å². The van der Waals surface area contributed by atoms with E-state index in [2.05, 4.69) is 36.5 Å². The van der Waals surface area contributed by atoms with Gasteiger partial charge >= 0.3 is 0 Å². The molecule has 0 aliphatic carbocycles. The molecule has 0 fully saturated rings. The molecule has 1 aromatic heterocycles. The molecule has 1 atom stereocenters. The number of nitrogens with zero attached hydrogens (tertiary/aromatic N) is 2. The smallest absolute Gasteiger partial charge is 0.226 e. The monoisotopic (exact) mass is 404 g/mol. The minimum Gasteiger partial charge on any atom is -0.354 e. The summed E-state index contributed by atoms with van der Waals surface area (Å²) >= 11 is 6.11. The number of nitrogens with one attached hydrogen (secondary N) is 2. The molecule has 28 heavy (non-hydrogen) atoms. The van der Waals surface area contributed by atoms with Crippen molar-refractivity contribution in [2.75, 3.05) is 5.32 Å². The lowest BCUT2D eigenvalue weighted by Crippen LogP contribution is -2.32. The van der Waals surface area contributed by atoms with Crippen LogP contribution in [-0.4, -0.2) is 27.6 Å². The van der Waals surface area contributed by atoms with Crippen molar-refractivity contribution in [3.8, 4) is 5.69 Å². The topological polar surface area (TPSA) is 76.0 Å². The lowest BCUT2D eigenvalue weighted by molar-refractivity contribution is -0.124. The molecule has 7 heteroatoms. The summed E-state index contributed by atoms with van der Waals surface area (Å²) in [6, 6.07) is 9.25. The predicted octanol–water partition coefficient (Wildman–Crippen LogP) is 4.46. The third-order valence-electron chi connectivity index (χ3n) is 4.40. The average molecular weight is 405 g/mol. The van der Waals surface area contributed by atoms with Crippen molar-refractivity contribution in [1.29, 1.82) is 0 Å². The van der Waals surface area contributed by atoms with Crippen molar-refractivity contribution in [2.24, 2.45) is 0 Å². The average Bonchev–Trinajstić information content (AvgIpc) is 3.04. The molecule has 2 N–H and O–H groups in total. The number of benzene rings is 1. The van der Waals surface area contributed by atoms with Crippen LogP contribution in [0.25, 0.3) is 5.69 Å². The van der Waals surface area contributed by atoms with E-state index in [1.54, 1.807) is 16.8 Å². The Morgan fingerprint density at radius 2 is 1.86 bits per heavy atom. The predicted molar refractivity (Wildman–Crippen MR) is 113 cm³/mol. The fourth-order valence-electron chi connectivity index (χ4n) is 2.52. The Bertz CT molecular complexity index is 839. The van der Waals surface area contributed by atoms with Crippen LogP contribution in [0.2, 0.25) is 5.02 Å². The van der Waals surface area contributed by atoms with Gasteiger partial charge in [0.05, 0.1) is 11.4 Å². The van der Waals surface area contributed by atoms with Crippen molar-refractivity contribution >= 4 is 29.2 Å². The number of amides is 2. The summed E-state index contributed by atoms with van der Waals surface area (Å²) < 4.78 is 1.67. The van der Waals surface area contributed by atoms with Gasteiger partial charge in [0.1, 0.15) is 5.82 Å². The van der Waals surface area contributed by atoms with Crippen LogP contribution in [0.1, 0.15) is 59.6 Å². The Morgan fingerprint density at radius 3 is 2.46 bits per heavy atom. The van der Waals surface area contributed by atoms with E-state index in [9.17, 15) is 9.59 Å². The molecular weight excluding hydrogens is 376 g/mol. The van der Waals surface area contributed by atoms with Gasteiger partial charge in [-0.25, -0.2) is 4.68 Å². The van der Waals surface area contributed by atoms with E-state index in [0.29, 0.717) is 10.8 Å². The molecule has 152 valence electrons. The van der Waals surface area contributed by atoms with Crippen LogP contribution in [0.3, 0.4) is 0 Å². The Labute approximate surface area is 171 Å². The second-order valence-electron chi connectivity index (χ2n) is 7.98. The van der Waals surface area contributed by atoms with Crippen LogP contribution in [0.4, 0.5) is 5.82 Å². The maximum Gasteiger partial charge on any atom is 0.226 e. The fraction of sp³-hybridized carbons (Fsp3) is 0.476. The SMILES string of the molecule is CCC(C)NC(=O)CCC(=O)Nc1cc(C(C)(C)C)nn1-c1cccc(Cl)c1. The Morgan fingerprint density at radius 1 is 1.18 bits per heavy atom. The van der Waals surface area contributed by atoms with Crippen LogP contribution in [0.5, 0.6) is 0 Å². The minimum absolute atomic E-state index is 0.105. The zero-order valence-corrected chi connectivity index (χ0v) is 17.9. The van der Waals surface area contributed by atoms with Gasteiger partial charge in [-0.05, 0) is 31.5 Å². The zero-order chi connectivity index (χ0) is 20.9. The molecule has 0 aliphatic heterocycles. The van der Waals surface area contributed by atoms with Gasteiger partial charge in [-0.2, -0.15) is 5.10 Å². The molecule has 1 heterocycles. The molecule has 6 nitrogen and oxygen atoms in total. The van der Waals surface area contributed by atoms with Crippen LogP contribution in [-0.2, 0) is 15.0 Å². The van der Waals surface area contributed by atoms with Crippen LogP contribution in [0.15, 0.2) is 30.3 Å². The van der Waals surface area contributed by atoms with E-state index in [1.165, 1.54) is 0 Å². The second kappa shape index (κ2) is 9.24. The number of rotatable bonds is 7. The maximum atomic E-state index is 12.4. The quantitative estimate of drug-likeness (QED) is 0.715. The van der Waals surface area contributed by atoms with Crippen molar-refractivity contribution in [2.45, 2.75) is 65.3 Å². The van der Waals surface area contributed by atoms with E-state index in [4.69, 9.17) is 11.6 Å². The van der Waals surface area contributed by atoms with Gasteiger partial charge in [-0.3, -0.25) is 9.59 Å². The van der Waals surface area contributed by atoms with Gasteiger partial charge in [-0.15, -0.1) is 0 Å². The highest BCUT2D eigenvalue weighted by Crippen LogP contribution is 2.27. The second-order valence-corrected chi connectivity index (χ2v) is 8.42. The summed E-state index contributed by atoms with van der Waals surface area (Å²) in [6.07, 6.45) is 1.10. The van der Waals surface area contributed by atoms with E-state index in [1.807, 2.05) is 32.0 Å². The number of hydrogen-bond donors (Lipinski definition) is 2. The minimum atomic E-state index is -0.233. The largest absolute Gasteiger partial charge is 0.354 e. The Kier molecular flexibility index (Phi) is 7.24. The van der Waals surface area contributed by atoms with Crippen molar-refractivity contribution < 1.29 is 9.59 Å². The summed E-state index contributed by atoms with van der Waals surface area (Å²) in [5, 5.41) is 11.0. The molecular formula is C21H29ClN4O2. The lowest BCUT2D eigenvalue weighted by atomic mass is 9.92. The maximum absolute atomic E-state index is 12.4. The summed E-state index contributed by atoms with van der Waals surface area (Å²) in [7, 11) is 0. The summed E-state index contributed by atoms with van der Waals surface area (Å²) in [5.74, 6) is 0.200. The van der Waals surface area contributed by atoms with Gasteiger partial charge in [-0.1, -0.05) is 45.4 Å². The number of aromatic nitrogens is 2. The number of carbonyl (C=O) groups excluding carboxylic acids is 2. The van der Waals surface area contributed by atoms with E-state index in [-0.39, 0.29) is 36.1 Å². The van der Waals surface area contributed by atoms with Crippen LogP contribution in [0, 0.1) is 0 Å². The van der Waals surface area contributed by atoms with Crippen LogP contribution < -0.4 is 10.6 Å². The third-order valence-corrected chi connectivity index (χ3v) is 4.63. The van der Waals surface area contributed by atoms with Gasteiger partial charge in [0, 0.05) is 35.4 Å². The van der Waals surface area contributed by atoms with Gasteiger partial charge in [0.15, 0.2) is 0 Å². The fourth-order valence-corrected chi connectivity index (χ4v) is 2.71. The van der Waals surface area contributed by atoms with Crippen molar-refractivity contribution in [3.05, 3.63) is 41.0 Å². The van der Waals surface area contributed by atoms with Gasteiger partial charge in [0.25, 0.3) is 0 Å². The highest BCUT2D eigenvalue weighted by molar-refractivity contribution is 6.30. The Hall–Kier alpha value is -2.34. The third kappa shape index (κ3) is 6.09. The van der Waals surface area contributed by atoms with Crippen molar-refractivity contribution in [3.63, 3.8) is 0 Å². The molecule has 0 bridgehead atoms. The molecule has 1 unspecified atom stereocenters. The van der Waals surface area contributed by atoms with Gasteiger partial charge < -0.3 is 10.6 Å². The molecule has 0 spiro atoms. The Balaban J connectivity index is 2.16. The first-order chi connectivity index (χ1) is 13.1. The molecule has 0 saturated carbocycles. The summed E-state index contributed by atoms with van der Waals surface area (Å²) in [5.41, 5.74) is 1.42. The van der Waals surface area contributed by atoms with E-state index >= 15 is 0 Å². The molecule has 0 aliphatic rings. The number of hydrogen-bond acceptors (Lipinski definition) is 3. The molecule has 0 radical (unpaired) electrons. The lowest BCUT2D eigenvalue weighted by Gasteiger charge is -2.14. The van der Waals surface area contributed by atoms with Crippen LogP contribution >= 0.6 is 11.6 Å². The first-order valence-electron chi connectivity index (χ1n) is 9.56. The highest BCUT2D eigenvalue weighted by atomic mass is 35.5. The number of carbonyl (C=O) groups is 2. The number of anilines is 1. The standard InChI is InChI=1S/C21H29ClN4O2/c1-6-14(2)23-19(27)10-11-20(28)24-18-13-17(21(3,4)5)25-26(18)16-9-7-8-15(22)12-16/h7-9,12-14H,6,10-11H2,1-5H3,(H,23,27)(H,24,28). The van der Waals surface area contributed by atoms with E-state index < -0.39 is 0 Å². The molecule has 2 amide bonds. The molecule has 0 saturated heterocycles. The first-order valence-corrected chi connectivity index (χ1v) is 9.93. The first kappa shape index (κ1) is 22.0. The number of halogens is 1. The zero-order valence-electron chi connectivity index (χ0n) is 17.2. The van der Waals surface area contributed by atoms with Crippen molar-refractivity contribution in [1.82, 2.24) is 15.1 Å². The summed E-state index contributed by atoms with van der Waals surface area (Å²) in [4.78, 5) is 24.3. The highest BCUT2D eigenvalue weighted by Gasteiger charge is 2.21. The molecule has 1 aromatic carbocycles.